The second kappa shape index (κ2) is 7.50. The van der Waals surface area contributed by atoms with Crippen molar-refractivity contribution in [2.24, 2.45) is 21.8 Å². The molecule has 1 heterocycles. The number of hydrogen-bond acceptors (Lipinski definition) is 6. The van der Waals surface area contributed by atoms with Crippen LogP contribution in [0.15, 0.2) is 58.5 Å². The van der Waals surface area contributed by atoms with E-state index in [9.17, 15) is 0 Å². The van der Waals surface area contributed by atoms with Gasteiger partial charge < -0.3 is 11.1 Å². The fourth-order valence-electron chi connectivity index (χ4n) is 2.82. The van der Waals surface area contributed by atoms with Gasteiger partial charge in [-0.25, -0.2) is 11.4 Å². The lowest BCUT2D eigenvalue weighted by Crippen LogP contribution is -2.24. The largest absolute Gasteiger partial charge is 0.382 e. The summed E-state index contributed by atoms with van der Waals surface area (Å²) in [6, 6.07) is 14.3. The molecule has 7 heteroatoms. The van der Waals surface area contributed by atoms with Crippen LogP contribution in [0.5, 0.6) is 0 Å². The van der Waals surface area contributed by atoms with Gasteiger partial charge in [0.15, 0.2) is 5.84 Å². The monoisotopic (exact) mass is 340 g/mol. The minimum absolute atomic E-state index is 0.299. The van der Waals surface area contributed by atoms with E-state index in [2.05, 4.69) is 46.3 Å². The third kappa shape index (κ3) is 3.29. The van der Waals surface area contributed by atoms with Crippen molar-refractivity contribution in [3.05, 3.63) is 59.7 Å². The van der Waals surface area contributed by atoms with Crippen molar-refractivity contribution in [1.29, 1.82) is 0 Å². The van der Waals surface area contributed by atoms with Crippen molar-refractivity contribution in [2.75, 3.05) is 13.1 Å². The van der Waals surface area contributed by atoms with Crippen LogP contribution in [0.4, 0.5) is 0 Å². The summed E-state index contributed by atoms with van der Waals surface area (Å²) in [6.45, 7) is 1.84. The predicted molar refractivity (Wildman–Crippen MR) is 101 cm³/mol. The van der Waals surface area contributed by atoms with Gasteiger partial charge in [-0.05, 0) is 40.3 Å². The Kier molecular flexibility index (Phi) is 5.17. The van der Waals surface area contributed by atoms with Crippen LogP contribution in [-0.4, -0.2) is 18.9 Å². The molecule has 1 aliphatic rings. The molecule has 2 aromatic carbocycles. The fourth-order valence-corrected chi connectivity index (χ4v) is 3.31. The van der Waals surface area contributed by atoms with Crippen LogP contribution in [0, 0.1) is 0 Å². The summed E-state index contributed by atoms with van der Waals surface area (Å²) in [6.07, 6.45) is 2.21. The number of benzene rings is 2. The first kappa shape index (κ1) is 16.5. The van der Waals surface area contributed by atoms with Crippen LogP contribution in [0.2, 0.25) is 0 Å². The Morgan fingerprint density at radius 2 is 1.88 bits per heavy atom. The standard InChI is InChI=1S/C17H20N6S/c18-17(22-23-19)16-14(2-1-3-15(16)24-20)12-6-4-11(5-7-12)13-8-9-21-10-13/h1-8,21,23H,9-10,19-20H2,(H2,18,22). The van der Waals surface area contributed by atoms with Gasteiger partial charge in [0.2, 0.25) is 0 Å². The molecular formula is C17H20N6S. The number of nitrogens with two attached hydrogens (primary N) is 3. The number of nitrogens with one attached hydrogen (secondary N) is 2. The number of hydrogen-bond donors (Lipinski definition) is 5. The van der Waals surface area contributed by atoms with E-state index in [0.717, 1.165) is 46.6 Å². The van der Waals surface area contributed by atoms with Gasteiger partial charge >= 0.3 is 0 Å². The summed E-state index contributed by atoms with van der Waals surface area (Å²) in [4.78, 5) is 0.843. The van der Waals surface area contributed by atoms with Crippen LogP contribution in [0.25, 0.3) is 16.7 Å². The molecule has 124 valence electrons. The number of hydrazine groups is 1. The predicted octanol–water partition coefficient (Wildman–Crippen LogP) is 1.39. The van der Waals surface area contributed by atoms with Crippen molar-refractivity contribution < 1.29 is 0 Å². The molecule has 0 fully saturated rings. The van der Waals surface area contributed by atoms with Crippen LogP contribution in [-0.2, 0) is 0 Å². The maximum Gasteiger partial charge on any atom is 0.153 e. The Hall–Kier alpha value is -2.32. The summed E-state index contributed by atoms with van der Waals surface area (Å²) in [7, 11) is 0. The van der Waals surface area contributed by atoms with Crippen molar-refractivity contribution in [3.63, 3.8) is 0 Å². The molecule has 0 bridgehead atoms. The van der Waals surface area contributed by atoms with Crippen molar-refractivity contribution >= 4 is 23.4 Å². The number of amidine groups is 1. The molecule has 0 saturated carbocycles. The Balaban J connectivity index is 2.04. The summed E-state index contributed by atoms with van der Waals surface area (Å²) in [5, 5.41) is 13.0. The lowest BCUT2D eigenvalue weighted by atomic mass is 9.96. The molecule has 0 radical (unpaired) electrons. The molecule has 3 rings (SSSR count). The molecule has 0 saturated heterocycles. The fraction of sp³-hybridized carbons (Fsp3) is 0.118. The van der Waals surface area contributed by atoms with Crippen LogP contribution in [0.1, 0.15) is 11.1 Å². The van der Waals surface area contributed by atoms with Gasteiger partial charge in [0.25, 0.3) is 0 Å². The Labute approximate surface area is 145 Å². The lowest BCUT2D eigenvalue weighted by molar-refractivity contribution is 0.803. The van der Waals surface area contributed by atoms with Crippen molar-refractivity contribution in [3.8, 4) is 11.1 Å². The zero-order valence-corrected chi connectivity index (χ0v) is 13.9. The van der Waals surface area contributed by atoms with Crippen molar-refractivity contribution in [1.82, 2.24) is 10.9 Å². The maximum atomic E-state index is 6.07. The first-order chi connectivity index (χ1) is 11.7. The topological polar surface area (TPSA) is 114 Å². The molecule has 0 unspecified atom stereocenters. The Bertz CT molecular complexity index is 782. The smallest absolute Gasteiger partial charge is 0.153 e. The number of hydrazone groups is 1. The van der Waals surface area contributed by atoms with Gasteiger partial charge in [-0.15, -0.1) is 5.10 Å². The van der Waals surface area contributed by atoms with Gasteiger partial charge in [-0.3, -0.25) is 5.14 Å². The third-order valence-electron chi connectivity index (χ3n) is 3.97. The minimum Gasteiger partial charge on any atom is -0.382 e. The quantitative estimate of drug-likeness (QED) is 0.185. The van der Waals surface area contributed by atoms with Crippen molar-refractivity contribution in [2.45, 2.75) is 4.90 Å². The van der Waals surface area contributed by atoms with Gasteiger partial charge in [0, 0.05) is 23.5 Å². The average Bonchev–Trinajstić information content (AvgIpc) is 3.16. The Morgan fingerprint density at radius 1 is 1.12 bits per heavy atom. The maximum absolute atomic E-state index is 6.07. The minimum atomic E-state index is 0.299. The molecule has 0 atom stereocenters. The van der Waals surface area contributed by atoms with Gasteiger partial charge in [-0.2, -0.15) is 0 Å². The van der Waals surface area contributed by atoms with Crippen LogP contribution in [0.3, 0.4) is 0 Å². The number of rotatable bonds is 5. The highest BCUT2D eigenvalue weighted by atomic mass is 32.2. The normalized spacial score (nSPS) is 14.6. The van der Waals surface area contributed by atoms with E-state index in [-0.39, 0.29) is 0 Å². The number of nitrogens with zero attached hydrogens (tertiary/aromatic N) is 1. The summed E-state index contributed by atoms with van der Waals surface area (Å²) >= 11 is 1.14. The second-order valence-corrected chi connectivity index (χ2v) is 6.04. The molecule has 0 aliphatic carbocycles. The molecule has 24 heavy (non-hydrogen) atoms. The van der Waals surface area contributed by atoms with Gasteiger partial charge in [-0.1, -0.05) is 42.5 Å². The molecule has 8 N–H and O–H groups in total. The van der Waals surface area contributed by atoms with Gasteiger partial charge in [0.05, 0.1) is 0 Å². The van der Waals surface area contributed by atoms with E-state index >= 15 is 0 Å². The van der Waals surface area contributed by atoms with E-state index < -0.39 is 0 Å². The molecule has 6 nitrogen and oxygen atoms in total. The zero-order valence-electron chi connectivity index (χ0n) is 13.1. The van der Waals surface area contributed by atoms with E-state index in [1.165, 1.54) is 11.1 Å². The first-order valence-corrected chi connectivity index (χ1v) is 8.42. The van der Waals surface area contributed by atoms with Gasteiger partial charge in [0.1, 0.15) is 0 Å². The lowest BCUT2D eigenvalue weighted by Gasteiger charge is -2.13. The van der Waals surface area contributed by atoms with Crippen LogP contribution < -0.4 is 27.6 Å². The first-order valence-electron chi connectivity index (χ1n) is 7.54. The molecule has 0 amide bonds. The molecule has 2 aromatic rings. The Morgan fingerprint density at radius 3 is 2.50 bits per heavy atom. The van der Waals surface area contributed by atoms with E-state index in [4.69, 9.17) is 16.7 Å². The van der Waals surface area contributed by atoms with E-state index in [1.54, 1.807) is 0 Å². The SMILES string of the molecule is NN/N=C(\N)c1c(SN)cccc1-c1ccc(C2=CCNC2)cc1. The summed E-state index contributed by atoms with van der Waals surface area (Å²) in [5.74, 6) is 5.57. The highest BCUT2D eigenvalue weighted by Gasteiger charge is 2.14. The average molecular weight is 340 g/mol. The summed E-state index contributed by atoms with van der Waals surface area (Å²) < 4.78 is 0. The summed E-state index contributed by atoms with van der Waals surface area (Å²) in [5.41, 5.74) is 13.6. The molecular weight excluding hydrogens is 320 g/mol. The molecule has 1 aliphatic heterocycles. The highest BCUT2D eigenvalue weighted by molar-refractivity contribution is 7.97. The third-order valence-corrected chi connectivity index (χ3v) is 4.56. The highest BCUT2D eigenvalue weighted by Crippen LogP contribution is 2.31. The van der Waals surface area contributed by atoms with E-state index in [0.29, 0.717) is 5.84 Å². The zero-order chi connectivity index (χ0) is 16.9. The molecule has 0 aromatic heterocycles. The van der Waals surface area contributed by atoms with E-state index in [1.807, 2.05) is 18.2 Å². The second-order valence-electron chi connectivity index (χ2n) is 5.36. The molecule has 0 spiro atoms. The van der Waals surface area contributed by atoms with Crippen LogP contribution >= 0.6 is 11.9 Å².